The molecule has 7 N–H and O–H groups in total. The average Bonchev–Trinajstić information content (AvgIpc) is 3.17. The van der Waals surface area contributed by atoms with Crippen LogP contribution >= 0.6 is 0 Å². The molecule has 0 heterocycles. The van der Waals surface area contributed by atoms with Gasteiger partial charge in [0, 0.05) is 0 Å². The van der Waals surface area contributed by atoms with E-state index < -0.39 is 56.4 Å². The molecule has 0 aliphatic rings. The van der Waals surface area contributed by atoms with Crippen LogP contribution in [0, 0.1) is 0 Å². The number of benzene rings is 4. The van der Waals surface area contributed by atoms with Crippen LogP contribution in [0.3, 0.4) is 0 Å². The molecule has 14 nitrogen and oxygen atoms in total. The summed E-state index contributed by atoms with van der Waals surface area (Å²) in [5.74, 6) is 1.40. The zero-order valence-corrected chi connectivity index (χ0v) is 28.6. The Labute approximate surface area is 295 Å². The number of methoxy groups -OCH3 is 4. The van der Waals surface area contributed by atoms with E-state index in [0.29, 0.717) is 22.6 Å². The van der Waals surface area contributed by atoms with Gasteiger partial charge in [0.05, 0.1) is 48.3 Å². The van der Waals surface area contributed by atoms with Gasteiger partial charge in [-0.2, -0.15) is 0 Å². The summed E-state index contributed by atoms with van der Waals surface area (Å²) < 4.78 is 39.1. The molecule has 4 rings (SSSR count). The number of aromatic hydroxyl groups is 1. The normalized spacial score (nSPS) is 14.7. The Balaban J connectivity index is 1.49. The third-order valence-corrected chi connectivity index (χ3v) is 8.10. The molecule has 0 saturated heterocycles. The van der Waals surface area contributed by atoms with Gasteiger partial charge < -0.3 is 68.9 Å². The predicted octanol–water partition coefficient (Wildman–Crippen LogP) is 2.85. The van der Waals surface area contributed by atoms with Gasteiger partial charge in [-0.3, -0.25) is 0 Å². The molecule has 0 fully saturated rings. The first-order valence-corrected chi connectivity index (χ1v) is 15.8. The second-order valence-corrected chi connectivity index (χ2v) is 11.3. The second kappa shape index (κ2) is 18.3. The minimum absolute atomic E-state index is 0.118. The van der Waals surface area contributed by atoms with Crippen molar-refractivity contribution in [2.75, 3.05) is 48.3 Å². The van der Waals surface area contributed by atoms with Gasteiger partial charge in [-0.05, 0) is 65.2 Å². The highest BCUT2D eigenvalue weighted by atomic mass is 16.6. The van der Waals surface area contributed by atoms with E-state index in [1.807, 2.05) is 0 Å². The molecule has 0 radical (unpaired) electrons. The fourth-order valence-corrected chi connectivity index (χ4v) is 5.26. The van der Waals surface area contributed by atoms with E-state index in [4.69, 9.17) is 33.2 Å². The number of hydrogen-bond donors (Lipinski definition) is 7. The summed E-state index contributed by atoms with van der Waals surface area (Å²) in [7, 11) is 5.60. The van der Waals surface area contributed by atoms with E-state index in [1.165, 1.54) is 83.0 Å². The summed E-state index contributed by atoms with van der Waals surface area (Å²) in [6, 6.07) is 20.0. The molecular formula is C37H44O14. The van der Waals surface area contributed by atoms with Crippen molar-refractivity contribution in [1.82, 2.24) is 0 Å². The van der Waals surface area contributed by atoms with Crippen molar-refractivity contribution >= 4 is 0 Å². The van der Waals surface area contributed by atoms with Crippen molar-refractivity contribution in [2.45, 2.75) is 36.6 Å². The molecule has 6 unspecified atom stereocenters. The number of para-hydroxylation sites is 2. The Morgan fingerprint density at radius 3 is 1.14 bits per heavy atom. The van der Waals surface area contributed by atoms with Gasteiger partial charge in [0.1, 0.15) is 18.3 Å². The van der Waals surface area contributed by atoms with Crippen molar-refractivity contribution in [2.24, 2.45) is 0 Å². The van der Waals surface area contributed by atoms with Gasteiger partial charge in [0.25, 0.3) is 0 Å². The smallest absolute Gasteiger partial charge is 0.161 e. The molecule has 0 aromatic heterocycles. The van der Waals surface area contributed by atoms with Gasteiger partial charge in [0.15, 0.2) is 64.3 Å². The third kappa shape index (κ3) is 9.24. The van der Waals surface area contributed by atoms with Crippen LogP contribution in [-0.2, 0) is 0 Å². The standard InChI is InChI=1S/C37H44O14/c1-45-25-7-5-6-8-26(25)49-32(18-38)36(43)22-10-13-28(30(16-22)47-3)51-34(20-40)37(44)23-11-14-27(31(17-23)48-4)50-33(19-39)35(42)21-9-12-24(41)29(15-21)46-2/h5-17,32-44H,18-20H2,1-4H3. The van der Waals surface area contributed by atoms with Crippen LogP contribution in [0.15, 0.2) is 78.9 Å². The molecule has 0 amide bonds. The molecule has 0 bridgehead atoms. The molecule has 0 aliphatic carbocycles. The summed E-state index contributed by atoms with van der Waals surface area (Å²) in [5, 5.41) is 73.4. The van der Waals surface area contributed by atoms with E-state index in [2.05, 4.69) is 0 Å². The van der Waals surface area contributed by atoms with Crippen LogP contribution < -0.4 is 33.2 Å². The molecule has 14 heteroatoms. The molecule has 0 aliphatic heterocycles. The van der Waals surface area contributed by atoms with Crippen molar-refractivity contribution < 1.29 is 68.9 Å². The lowest BCUT2D eigenvalue weighted by Crippen LogP contribution is -2.30. The van der Waals surface area contributed by atoms with Crippen molar-refractivity contribution in [3.63, 3.8) is 0 Å². The van der Waals surface area contributed by atoms with Crippen LogP contribution in [0.25, 0.3) is 0 Å². The third-order valence-electron chi connectivity index (χ3n) is 8.10. The van der Waals surface area contributed by atoms with E-state index in [9.17, 15) is 35.7 Å². The number of rotatable bonds is 19. The lowest BCUT2D eigenvalue weighted by Gasteiger charge is -2.27. The average molecular weight is 713 g/mol. The largest absolute Gasteiger partial charge is 0.504 e. The number of ether oxygens (including phenoxy) is 7. The lowest BCUT2D eigenvalue weighted by atomic mass is 10.0. The van der Waals surface area contributed by atoms with Crippen molar-refractivity contribution in [3.05, 3.63) is 95.6 Å². The summed E-state index contributed by atoms with van der Waals surface area (Å²) in [5.41, 5.74) is 0.948. The minimum Gasteiger partial charge on any atom is -0.504 e. The topological polar surface area (TPSA) is 206 Å². The fourth-order valence-electron chi connectivity index (χ4n) is 5.26. The molecule has 0 saturated carbocycles. The highest BCUT2D eigenvalue weighted by Crippen LogP contribution is 2.38. The maximum absolute atomic E-state index is 11.3. The first kappa shape index (κ1) is 38.8. The minimum atomic E-state index is -1.38. The fraction of sp³-hybridized carbons (Fsp3) is 0.351. The van der Waals surface area contributed by atoms with Crippen LogP contribution in [0.1, 0.15) is 35.0 Å². The number of phenols is 1. The number of aliphatic hydroxyl groups excluding tert-OH is 6. The summed E-state index contributed by atoms with van der Waals surface area (Å²) in [4.78, 5) is 0. The maximum atomic E-state index is 11.3. The van der Waals surface area contributed by atoms with E-state index in [1.54, 1.807) is 24.3 Å². The summed E-state index contributed by atoms with van der Waals surface area (Å²) >= 11 is 0. The van der Waals surface area contributed by atoms with Gasteiger partial charge in [-0.15, -0.1) is 0 Å². The summed E-state index contributed by atoms with van der Waals surface area (Å²) in [6.45, 7) is -1.70. The Bertz CT molecular complexity index is 1700. The number of hydrogen-bond acceptors (Lipinski definition) is 14. The van der Waals surface area contributed by atoms with Crippen LogP contribution in [0.2, 0.25) is 0 Å². The quantitative estimate of drug-likeness (QED) is 0.0747. The Kier molecular flexibility index (Phi) is 14.0. The van der Waals surface area contributed by atoms with Gasteiger partial charge in [0.2, 0.25) is 0 Å². The predicted molar refractivity (Wildman–Crippen MR) is 183 cm³/mol. The number of phenolic OH excluding ortho intramolecular Hbond substituents is 1. The monoisotopic (exact) mass is 712 g/mol. The Morgan fingerprint density at radius 2 is 0.765 bits per heavy atom. The van der Waals surface area contributed by atoms with Crippen LogP contribution in [-0.4, -0.2) is 102 Å². The van der Waals surface area contributed by atoms with Crippen LogP contribution in [0.4, 0.5) is 0 Å². The van der Waals surface area contributed by atoms with E-state index >= 15 is 0 Å². The lowest BCUT2D eigenvalue weighted by molar-refractivity contribution is -0.00352. The van der Waals surface area contributed by atoms with Gasteiger partial charge in [-0.1, -0.05) is 30.3 Å². The first-order chi connectivity index (χ1) is 24.6. The zero-order chi connectivity index (χ0) is 37.1. The highest BCUT2D eigenvalue weighted by Gasteiger charge is 2.29. The van der Waals surface area contributed by atoms with E-state index in [-0.39, 0.29) is 40.1 Å². The molecule has 6 atom stereocenters. The Hall–Kier alpha value is -4.96. The van der Waals surface area contributed by atoms with Gasteiger partial charge in [-0.25, -0.2) is 0 Å². The molecule has 0 spiro atoms. The van der Waals surface area contributed by atoms with Crippen molar-refractivity contribution in [1.29, 1.82) is 0 Å². The van der Waals surface area contributed by atoms with Crippen LogP contribution in [0.5, 0.6) is 46.0 Å². The first-order valence-electron chi connectivity index (χ1n) is 15.8. The molecule has 4 aromatic carbocycles. The Morgan fingerprint density at radius 1 is 0.431 bits per heavy atom. The second-order valence-electron chi connectivity index (χ2n) is 11.3. The number of aliphatic hydroxyl groups is 6. The van der Waals surface area contributed by atoms with Gasteiger partial charge >= 0.3 is 0 Å². The molecule has 276 valence electrons. The molecule has 4 aromatic rings. The molecular weight excluding hydrogens is 668 g/mol. The highest BCUT2D eigenvalue weighted by molar-refractivity contribution is 5.47. The van der Waals surface area contributed by atoms with Crippen molar-refractivity contribution in [3.8, 4) is 46.0 Å². The zero-order valence-electron chi connectivity index (χ0n) is 28.6. The van der Waals surface area contributed by atoms with E-state index in [0.717, 1.165) is 0 Å². The SMILES string of the molecule is COc1cc(C(O)C(CO)Oc2ccc(C(O)C(CO)Oc3ccc(C(O)C(CO)Oc4ccccc4OC)cc3OC)cc2OC)ccc1O. The molecule has 51 heavy (non-hydrogen) atoms. The maximum Gasteiger partial charge on any atom is 0.161 e. The summed E-state index contributed by atoms with van der Waals surface area (Å²) in [6.07, 6.45) is -7.38.